The SMILES string of the molecule is O=C(/C=C/c1ccccc1)Nc1ccc(C(=O)N2CCc3nc(C(=O)NO)sc3C2)cc1. The number of hydroxylamine groups is 1. The van der Waals surface area contributed by atoms with Crippen molar-refractivity contribution in [1.82, 2.24) is 15.4 Å². The van der Waals surface area contributed by atoms with E-state index in [0.29, 0.717) is 30.8 Å². The maximum atomic E-state index is 12.9. The van der Waals surface area contributed by atoms with Gasteiger partial charge in [0.1, 0.15) is 0 Å². The van der Waals surface area contributed by atoms with E-state index in [-0.39, 0.29) is 16.8 Å². The second kappa shape index (κ2) is 9.54. The van der Waals surface area contributed by atoms with Crippen molar-refractivity contribution < 1.29 is 19.6 Å². The molecular weight excluding hydrogens is 428 g/mol. The van der Waals surface area contributed by atoms with Crippen LogP contribution in [-0.2, 0) is 17.8 Å². The average molecular weight is 449 g/mol. The maximum Gasteiger partial charge on any atom is 0.303 e. The lowest BCUT2D eigenvalue weighted by Gasteiger charge is -2.26. The van der Waals surface area contributed by atoms with Crippen molar-refractivity contribution in [3.8, 4) is 0 Å². The van der Waals surface area contributed by atoms with Crippen LogP contribution < -0.4 is 10.8 Å². The minimum absolute atomic E-state index is 0.140. The maximum absolute atomic E-state index is 12.9. The highest BCUT2D eigenvalue weighted by molar-refractivity contribution is 7.13. The molecule has 162 valence electrons. The lowest BCUT2D eigenvalue weighted by atomic mass is 10.1. The van der Waals surface area contributed by atoms with Crippen molar-refractivity contribution in [3.05, 3.63) is 87.4 Å². The number of nitrogens with zero attached hydrogens (tertiary/aromatic N) is 2. The number of hydrogen-bond donors (Lipinski definition) is 3. The van der Waals surface area contributed by atoms with Crippen molar-refractivity contribution in [1.29, 1.82) is 0 Å². The number of rotatable bonds is 5. The molecular formula is C23H20N4O4S. The highest BCUT2D eigenvalue weighted by Crippen LogP contribution is 2.26. The Labute approximate surface area is 188 Å². The van der Waals surface area contributed by atoms with Gasteiger partial charge in [-0.1, -0.05) is 30.3 Å². The van der Waals surface area contributed by atoms with E-state index >= 15 is 0 Å². The first-order chi connectivity index (χ1) is 15.5. The molecule has 1 aromatic heterocycles. The van der Waals surface area contributed by atoms with Gasteiger partial charge in [0.25, 0.3) is 5.91 Å². The molecule has 0 aliphatic carbocycles. The number of carbonyl (C=O) groups is 3. The van der Waals surface area contributed by atoms with Crippen LogP contribution in [0.25, 0.3) is 6.08 Å². The van der Waals surface area contributed by atoms with E-state index in [9.17, 15) is 14.4 Å². The summed E-state index contributed by atoms with van der Waals surface area (Å²) in [5.74, 6) is -1.05. The molecule has 3 aromatic rings. The van der Waals surface area contributed by atoms with Crippen LogP contribution in [0.5, 0.6) is 0 Å². The summed E-state index contributed by atoms with van der Waals surface area (Å²) in [5, 5.41) is 11.7. The lowest BCUT2D eigenvalue weighted by molar-refractivity contribution is -0.111. The minimum Gasteiger partial charge on any atom is -0.333 e. The van der Waals surface area contributed by atoms with Gasteiger partial charge in [-0.25, -0.2) is 10.5 Å². The fourth-order valence-electron chi connectivity index (χ4n) is 3.31. The summed E-state index contributed by atoms with van der Waals surface area (Å²) < 4.78 is 0. The third kappa shape index (κ3) is 4.90. The molecule has 3 amide bonds. The Morgan fingerprint density at radius 1 is 1.06 bits per heavy atom. The molecule has 2 aromatic carbocycles. The van der Waals surface area contributed by atoms with Gasteiger partial charge in [-0.15, -0.1) is 11.3 Å². The van der Waals surface area contributed by atoms with Crippen molar-refractivity contribution in [2.75, 3.05) is 11.9 Å². The first kappa shape index (κ1) is 21.4. The molecule has 3 N–H and O–H groups in total. The number of hydrogen-bond acceptors (Lipinski definition) is 6. The molecule has 0 saturated carbocycles. The second-order valence-corrected chi connectivity index (χ2v) is 8.20. The number of nitrogens with one attached hydrogen (secondary N) is 2. The molecule has 0 radical (unpaired) electrons. The number of fused-ring (bicyclic) bond motifs is 1. The summed E-state index contributed by atoms with van der Waals surface area (Å²) in [6.07, 6.45) is 3.73. The number of benzene rings is 2. The Bertz CT molecular complexity index is 1170. The summed E-state index contributed by atoms with van der Waals surface area (Å²) in [4.78, 5) is 43.3. The largest absolute Gasteiger partial charge is 0.333 e. The van der Waals surface area contributed by atoms with E-state index in [4.69, 9.17) is 5.21 Å². The van der Waals surface area contributed by atoms with Gasteiger partial charge in [0, 0.05) is 35.2 Å². The van der Waals surface area contributed by atoms with E-state index in [1.165, 1.54) is 17.4 Å². The van der Waals surface area contributed by atoms with Gasteiger partial charge in [-0.3, -0.25) is 19.6 Å². The fraction of sp³-hybridized carbons (Fsp3) is 0.130. The normalized spacial score (nSPS) is 13.0. The third-order valence-electron chi connectivity index (χ3n) is 4.94. The molecule has 0 spiro atoms. The summed E-state index contributed by atoms with van der Waals surface area (Å²) in [6.45, 7) is 0.839. The molecule has 0 atom stereocenters. The number of amides is 3. The van der Waals surface area contributed by atoms with Crippen LogP contribution in [-0.4, -0.2) is 39.4 Å². The molecule has 9 heteroatoms. The molecule has 0 fully saturated rings. The number of aromatic nitrogens is 1. The van der Waals surface area contributed by atoms with E-state index in [2.05, 4.69) is 10.3 Å². The van der Waals surface area contributed by atoms with Gasteiger partial charge in [0.15, 0.2) is 5.01 Å². The van der Waals surface area contributed by atoms with Crippen LogP contribution in [0.4, 0.5) is 5.69 Å². The van der Waals surface area contributed by atoms with Gasteiger partial charge < -0.3 is 10.2 Å². The Kier molecular flexibility index (Phi) is 6.39. The zero-order valence-electron chi connectivity index (χ0n) is 16.9. The quantitative estimate of drug-likeness (QED) is 0.315. The van der Waals surface area contributed by atoms with Gasteiger partial charge in [0.2, 0.25) is 5.91 Å². The zero-order chi connectivity index (χ0) is 22.5. The first-order valence-corrected chi connectivity index (χ1v) is 10.7. The van der Waals surface area contributed by atoms with Gasteiger partial charge >= 0.3 is 5.91 Å². The molecule has 0 bridgehead atoms. The molecule has 0 unspecified atom stereocenters. The van der Waals surface area contributed by atoms with Crippen LogP contribution in [0.2, 0.25) is 0 Å². The summed E-state index contributed by atoms with van der Waals surface area (Å²) in [6, 6.07) is 16.2. The molecule has 1 aliphatic rings. The van der Waals surface area contributed by atoms with E-state index < -0.39 is 5.91 Å². The minimum atomic E-state index is -0.654. The molecule has 32 heavy (non-hydrogen) atoms. The first-order valence-electron chi connectivity index (χ1n) is 9.90. The van der Waals surface area contributed by atoms with Crippen molar-refractivity contribution in [2.24, 2.45) is 0 Å². The van der Waals surface area contributed by atoms with Gasteiger partial charge in [-0.2, -0.15) is 0 Å². The van der Waals surface area contributed by atoms with E-state index in [0.717, 1.165) is 16.1 Å². The molecule has 1 aliphatic heterocycles. The van der Waals surface area contributed by atoms with Crippen LogP contribution in [0, 0.1) is 0 Å². The smallest absolute Gasteiger partial charge is 0.303 e. The van der Waals surface area contributed by atoms with Gasteiger partial charge in [0.05, 0.1) is 12.2 Å². The Morgan fingerprint density at radius 3 is 2.53 bits per heavy atom. The second-order valence-electron chi connectivity index (χ2n) is 7.12. The summed E-state index contributed by atoms with van der Waals surface area (Å²) in [7, 11) is 0. The molecule has 0 saturated heterocycles. The molecule has 2 heterocycles. The summed E-state index contributed by atoms with van der Waals surface area (Å²) >= 11 is 1.17. The van der Waals surface area contributed by atoms with Gasteiger partial charge in [-0.05, 0) is 35.9 Å². The lowest BCUT2D eigenvalue weighted by Crippen LogP contribution is -2.35. The molecule has 4 rings (SSSR count). The Hall–Kier alpha value is -3.82. The summed E-state index contributed by atoms with van der Waals surface area (Å²) in [5.41, 5.74) is 4.38. The number of thiazole rings is 1. The topological polar surface area (TPSA) is 112 Å². The van der Waals surface area contributed by atoms with Crippen LogP contribution in [0.1, 0.15) is 36.3 Å². The third-order valence-corrected chi connectivity index (χ3v) is 6.02. The predicted molar refractivity (Wildman–Crippen MR) is 120 cm³/mol. The predicted octanol–water partition coefficient (Wildman–Crippen LogP) is 3.11. The van der Waals surface area contributed by atoms with Crippen LogP contribution >= 0.6 is 11.3 Å². The number of anilines is 1. The fourth-order valence-corrected chi connectivity index (χ4v) is 4.33. The molecule has 8 nitrogen and oxygen atoms in total. The van der Waals surface area contributed by atoms with E-state index in [1.807, 2.05) is 30.3 Å². The van der Waals surface area contributed by atoms with Crippen LogP contribution in [0.3, 0.4) is 0 Å². The van der Waals surface area contributed by atoms with Crippen molar-refractivity contribution in [2.45, 2.75) is 13.0 Å². The van der Waals surface area contributed by atoms with Crippen molar-refractivity contribution >= 4 is 40.8 Å². The highest BCUT2D eigenvalue weighted by Gasteiger charge is 2.26. The Balaban J connectivity index is 1.37. The average Bonchev–Trinajstić information content (AvgIpc) is 3.26. The van der Waals surface area contributed by atoms with Crippen molar-refractivity contribution in [3.63, 3.8) is 0 Å². The number of carbonyl (C=O) groups excluding carboxylic acids is 3. The Morgan fingerprint density at radius 2 is 1.81 bits per heavy atom. The van der Waals surface area contributed by atoms with Crippen LogP contribution in [0.15, 0.2) is 60.7 Å². The highest BCUT2D eigenvalue weighted by atomic mass is 32.1. The van der Waals surface area contributed by atoms with E-state index in [1.54, 1.807) is 40.7 Å². The zero-order valence-corrected chi connectivity index (χ0v) is 17.8. The standard InChI is InChI=1S/C23H20N4O4S/c28-20(11-6-15-4-2-1-3-5-15)24-17-9-7-16(8-10-17)23(30)27-13-12-18-19(14-27)32-22(25-18)21(29)26-31/h1-11,31H,12-14H2,(H,24,28)(H,26,29)/b11-6+. The monoisotopic (exact) mass is 448 g/mol.